The predicted octanol–water partition coefficient (Wildman–Crippen LogP) is 3.70. The first-order valence-electron chi connectivity index (χ1n) is 9.54. The molecule has 1 fully saturated rings. The van der Waals surface area contributed by atoms with Gasteiger partial charge < -0.3 is 19.6 Å². The van der Waals surface area contributed by atoms with Crippen molar-refractivity contribution in [3.8, 4) is 11.5 Å². The maximum Gasteiger partial charge on any atom is 0.248 e. The van der Waals surface area contributed by atoms with Gasteiger partial charge in [-0.1, -0.05) is 6.42 Å². The number of H-pyrrole nitrogens is 1. The van der Waals surface area contributed by atoms with Crippen LogP contribution in [-0.2, 0) is 6.42 Å². The van der Waals surface area contributed by atoms with E-state index in [-0.39, 0.29) is 11.5 Å². The van der Waals surface area contributed by atoms with Gasteiger partial charge in [0.1, 0.15) is 0 Å². The quantitative estimate of drug-likeness (QED) is 0.679. The minimum atomic E-state index is -0.542. The van der Waals surface area contributed by atoms with Crippen LogP contribution in [-0.4, -0.2) is 24.3 Å². The molecule has 2 aliphatic carbocycles. The number of ether oxygens (including phenoxy) is 2. The zero-order valence-corrected chi connectivity index (χ0v) is 15.5. The fourth-order valence-electron chi connectivity index (χ4n) is 5.32. The average Bonchev–Trinajstić information content (AvgIpc) is 3.15. The summed E-state index contributed by atoms with van der Waals surface area (Å²) in [6.45, 7) is 0. The summed E-state index contributed by atoms with van der Waals surface area (Å²) in [5, 5.41) is 14.3. The average molecular weight is 365 g/mol. The highest BCUT2D eigenvalue weighted by Crippen LogP contribution is 2.51. The van der Waals surface area contributed by atoms with Gasteiger partial charge in [-0.15, -0.1) is 0 Å². The Morgan fingerprint density at radius 3 is 2.52 bits per heavy atom. The molecule has 0 bridgehead atoms. The Balaban J connectivity index is 1.94. The number of aliphatic hydroxyl groups is 1. The van der Waals surface area contributed by atoms with Gasteiger partial charge >= 0.3 is 0 Å². The molecule has 0 radical (unpaired) electrons. The third kappa shape index (κ3) is 2.31. The van der Waals surface area contributed by atoms with Gasteiger partial charge in [-0.25, -0.2) is 0 Å². The predicted molar refractivity (Wildman–Crippen MR) is 105 cm³/mol. The third-order valence-corrected chi connectivity index (χ3v) is 6.54. The number of nitrogens with one attached hydrogen (secondary N) is 1. The van der Waals surface area contributed by atoms with E-state index in [4.69, 9.17) is 9.47 Å². The van der Waals surface area contributed by atoms with E-state index in [1.54, 1.807) is 20.3 Å². The number of methoxy groups -OCH3 is 2. The van der Waals surface area contributed by atoms with Crippen molar-refractivity contribution in [1.29, 1.82) is 0 Å². The molecule has 2 N–H and O–H groups in total. The van der Waals surface area contributed by atoms with Gasteiger partial charge in [0.05, 0.1) is 25.8 Å². The Morgan fingerprint density at radius 1 is 1.04 bits per heavy atom. The summed E-state index contributed by atoms with van der Waals surface area (Å²) in [6.07, 6.45) is 3.74. The van der Waals surface area contributed by atoms with E-state index in [0.717, 1.165) is 58.5 Å². The van der Waals surface area contributed by atoms with E-state index in [0.29, 0.717) is 17.4 Å². The zero-order chi connectivity index (χ0) is 18.7. The van der Waals surface area contributed by atoms with E-state index >= 15 is 0 Å². The number of aromatic nitrogens is 1. The van der Waals surface area contributed by atoms with Gasteiger partial charge in [-0.05, 0) is 65.6 Å². The monoisotopic (exact) mass is 365 g/mol. The van der Waals surface area contributed by atoms with Crippen LogP contribution >= 0.6 is 0 Å². The van der Waals surface area contributed by atoms with Gasteiger partial charge in [0, 0.05) is 17.0 Å². The van der Waals surface area contributed by atoms with E-state index in [2.05, 4.69) is 4.98 Å². The maximum absolute atomic E-state index is 12.1. The molecule has 0 amide bonds. The number of aromatic amines is 1. The normalized spacial score (nSPS) is 24.0. The van der Waals surface area contributed by atoms with E-state index in [1.165, 1.54) is 0 Å². The van der Waals surface area contributed by atoms with Gasteiger partial charge in [0.25, 0.3) is 0 Å². The van der Waals surface area contributed by atoms with Crippen LogP contribution in [0.4, 0.5) is 0 Å². The first kappa shape index (κ1) is 16.6. The summed E-state index contributed by atoms with van der Waals surface area (Å²) in [5.41, 5.74) is 2.64. The lowest BCUT2D eigenvalue weighted by Crippen LogP contribution is -2.27. The van der Waals surface area contributed by atoms with Crippen LogP contribution in [0.3, 0.4) is 0 Å². The SMILES string of the molecule is COc1cc2c3c(c4[nH]c(=O)ccc4c2cc1OC)[C@@H](O)[C@H]1CCCC1C3. The van der Waals surface area contributed by atoms with Crippen molar-refractivity contribution >= 4 is 21.7 Å². The zero-order valence-electron chi connectivity index (χ0n) is 15.5. The van der Waals surface area contributed by atoms with Crippen LogP contribution in [0.2, 0.25) is 0 Å². The van der Waals surface area contributed by atoms with Crippen LogP contribution < -0.4 is 15.0 Å². The molecule has 3 atom stereocenters. The minimum absolute atomic E-state index is 0.148. The molecule has 3 aromatic rings. The smallest absolute Gasteiger partial charge is 0.248 e. The highest BCUT2D eigenvalue weighted by molar-refractivity contribution is 6.10. The summed E-state index contributed by atoms with van der Waals surface area (Å²) in [7, 11) is 3.26. The molecule has 27 heavy (non-hydrogen) atoms. The van der Waals surface area contributed by atoms with Crippen LogP contribution in [0.15, 0.2) is 29.1 Å². The Kier molecular flexibility index (Phi) is 3.69. The van der Waals surface area contributed by atoms with Gasteiger partial charge in [0.15, 0.2) is 11.5 Å². The number of hydrogen-bond acceptors (Lipinski definition) is 4. The topological polar surface area (TPSA) is 71.6 Å². The van der Waals surface area contributed by atoms with Crippen molar-refractivity contribution in [3.63, 3.8) is 0 Å². The highest BCUT2D eigenvalue weighted by Gasteiger charge is 2.40. The first-order valence-corrected chi connectivity index (χ1v) is 9.54. The summed E-state index contributed by atoms with van der Waals surface area (Å²) in [5.74, 6) is 2.12. The highest BCUT2D eigenvalue weighted by atomic mass is 16.5. The molecule has 0 spiro atoms. The molecule has 1 saturated carbocycles. The molecule has 2 aromatic carbocycles. The van der Waals surface area contributed by atoms with Gasteiger partial charge in [0.2, 0.25) is 5.56 Å². The second-order valence-corrected chi connectivity index (χ2v) is 7.76. The maximum atomic E-state index is 12.1. The Morgan fingerprint density at radius 2 is 1.78 bits per heavy atom. The second-order valence-electron chi connectivity index (χ2n) is 7.76. The summed E-state index contributed by atoms with van der Waals surface area (Å²) in [6, 6.07) is 7.37. The third-order valence-electron chi connectivity index (χ3n) is 6.54. The number of benzene rings is 2. The molecule has 1 unspecified atom stereocenters. The lowest BCUT2D eigenvalue weighted by molar-refractivity contribution is 0.0758. The summed E-state index contributed by atoms with van der Waals surface area (Å²) in [4.78, 5) is 15.1. The van der Waals surface area contributed by atoms with Crippen molar-refractivity contribution in [2.75, 3.05) is 14.2 Å². The second kappa shape index (κ2) is 5.99. The molecular weight excluding hydrogens is 342 g/mol. The van der Waals surface area contributed by atoms with E-state index in [1.807, 2.05) is 18.2 Å². The molecule has 5 rings (SSSR count). The number of fused-ring (bicyclic) bond motifs is 7. The molecule has 5 nitrogen and oxygen atoms in total. The molecule has 5 heteroatoms. The molecule has 0 aliphatic heterocycles. The fraction of sp³-hybridized carbons (Fsp3) is 0.409. The Labute approximate surface area is 156 Å². The molecule has 2 aliphatic rings. The van der Waals surface area contributed by atoms with Crippen molar-refractivity contribution in [2.45, 2.75) is 31.8 Å². The number of aliphatic hydroxyl groups excluding tert-OH is 1. The van der Waals surface area contributed by atoms with Crippen molar-refractivity contribution in [2.24, 2.45) is 11.8 Å². The van der Waals surface area contributed by atoms with Crippen molar-refractivity contribution in [1.82, 2.24) is 4.98 Å². The largest absolute Gasteiger partial charge is 0.493 e. The van der Waals surface area contributed by atoms with Crippen molar-refractivity contribution < 1.29 is 14.6 Å². The standard InChI is InChI=1S/C22H23NO4/c1-26-17-9-14-13-6-7-19(24)23-21(13)20-16(15(14)10-18(17)27-2)8-11-4-3-5-12(11)22(20)25/h6-7,9-12,22,25H,3-5,8H2,1-2H3,(H,23,24)/t11?,12-,22-/m0/s1. The lowest BCUT2D eigenvalue weighted by Gasteiger charge is -2.34. The van der Waals surface area contributed by atoms with Crippen LogP contribution in [0.25, 0.3) is 21.7 Å². The van der Waals surface area contributed by atoms with Crippen molar-refractivity contribution in [3.05, 3.63) is 45.7 Å². The van der Waals surface area contributed by atoms with Crippen LogP contribution in [0.5, 0.6) is 11.5 Å². The minimum Gasteiger partial charge on any atom is -0.493 e. The Bertz CT molecular complexity index is 1120. The summed E-state index contributed by atoms with van der Waals surface area (Å²) < 4.78 is 11.0. The van der Waals surface area contributed by atoms with Crippen LogP contribution in [0.1, 0.15) is 36.5 Å². The first-order chi connectivity index (χ1) is 13.1. The van der Waals surface area contributed by atoms with Gasteiger partial charge in [-0.3, -0.25) is 4.79 Å². The lowest BCUT2D eigenvalue weighted by atomic mass is 9.73. The van der Waals surface area contributed by atoms with Gasteiger partial charge in [-0.2, -0.15) is 0 Å². The van der Waals surface area contributed by atoms with E-state index < -0.39 is 6.10 Å². The fourth-order valence-corrected chi connectivity index (χ4v) is 5.32. The number of hydrogen-bond donors (Lipinski definition) is 2. The molecule has 1 heterocycles. The molecule has 1 aromatic heterocycles. The molecule has 0 saturated heterocycles. The Hall–Kier alpha value is -2.53. The van der Waals surface area contributed by atoms with Crippen LogP contribution in [0, 0.1) is 11.8 Å². The number of pyridine rings is 1. The van der Waals surface area contributed by atoms with E-state index in [9.17, 15) is 9.90 Å². The number of rotatable bonds is 2. The summed E-state index contributed by atoms with van der Waals surface area (Å²) >= 11 is 0. The molecular formula is C22H23NO4. The molecule has 140 valence electrons.